The van der Waals surface area contributed by atoms with Crippen molar-refractivity contribution in [1.29, 1.82) is 0 Å². The van der Waals surface area contributed by atoms with Crippen molar-refractivity contribution >= 4 is 17.1 Å². The second-order valence-corrected chi connectivity index (χ2v) is 7.03. The largest absolute Gasteiger partial charge is 0.351 e. The quantitative estimate of drug-likeness (QED) is 0.817. The number of aromatic nitrogens is 4. The highest BCUT2D eigenvalue weighted by molar-refractivity contribution is 5.77. The van der Waals surface area contributed by atoms with Crippen molar-refractivity contribution in [2.75, 3.05) is 0 Å². The molecule has 128 valence electrons. The minimum atomic E-state index is -0.518. The monoisotopic (exact) mass is 331 g/mol. The van der Waals surface area contributed by atoms with Gasteiger partial charge in [-0.3, -0.25) is 14.2 Å². The predicted molar refractivity (Wildman–Crippen MR) is 87.6 cm³/mol. The predicted octanol–water partition coefficient (Wildman–Crippen LogP) is -0.261. The van der Waals surface area contributed by atoms with E-state index in [2.05, 4.69) is 10.3 Å². The van der Waals surface area contributed by atoms with Gasteiger partial charge in [-0.2, -0.15) is 0 Å². The molecular formula is C16H21N5O3. The number of fused-ring (bicyclic) bond motifs is 1. The highest BCUT2D eigenvalue weighted by Crippen LogP contribution is 2.44. The number of imidazole rings is 1. The number of amides is 1. The van der Waals surface area contributed by atoms with E-state index in [-0.39, 0.29) is 18.5 Å². The Morgan fingerprint density at radius 2 is 1.88 bits per heavy atom. The van der Waals surface area contributed by atoms with Crippen molar-refractivity contribution in [2.24, 2.45) is 25.9 Å². The van der Waals surface area contributed by atoms with E-state index < -0.39 is 11.2 Å². The summed E-state index contributed by atoms with van der Waals surface area (Å²) in [4.78, 5) is 41.5. The molecule has 2 aliphatic carbocycles. The summed E-state index contributed by atoms with van der Waals surface area (Å²) in [5.74, 6) is 0.876. The van der Waals surface area contributed by atoms with Crippen LogP contribution in [0.2, 0.25) is 0 Å². The van der Waals surface area contributed by atoms with E-state index in [1.165, 1.54) is 10.9 Å². The van der Waals surface area contributed by atoms with E-state index in [1.807, 2.05) is 0 Å². The van der Waals surface area contributed by atoms with Gasteiger partial charge in [0.15, 0.2) is 11.2 Å². The first kappa shape index (κ1) is 15.2. The average molecular weight is 331 g/mol. The van der Waals surface area contributed by atoms with Crippen LogP contribution in [0.5, 0.6) is 0 Å². The summed E-state index contributed by atoms with van der Waals surface area (Å²) < 4.78 is 3.88. The Bertz CT molecular complexity index is 918. The normalized spacial score (nSPS) is 17.6. The van der Waals surface area contributed by atoms with E-state index in [1.54, 1.807) is 18.7 Å². The summed E-state index contributed by atoms with van der Waals surface area (Å²) in [5, 5.41) is 3.05. The minimum Gasteiger partial charge on any atom is -0.351 e. The van der Waals surface area contributed by atoms with Gasteiger partial charge in [-0.15, -0.1) is 0 Å². The van der Waals surface area contributed by atoms with Crippen molar-refractivity contribution in [1.82, 2.24) is 24.0 Å². The Labute approximate surface area is 138 Å². The van der Waals surface area contributed by atoms with Gasteiger partial charge in [0.25, 0.3) is 5.56 Å². The lowest BCUT2D eigenvalue weighted by atomic mass is 10.1. The Balaban J connectivity index is 1.64. The third kappa shape index (κ3) is 2.46. The van der Waals surface area contributed by atoms with Gasteiger partial charge in [0.05, 0.1) is 6.33 Å². The van der Waals surface area contributed by atoms with E-state index in [4.69, 9.17) is 0 Å². The Hall–Kier alpha value is -2.38. The van der Waals surface area contributed by atoms with Crippen molar-refractivity contribution in [3.05, 3.63) is 27.2 Å². The van der Waals surface area contributed by atoms with Crippen LogP contribution in [0.1, 0.15) is 25.7 Å². The molecule has 24 heavy (non-hydrogen) atoms. The van der Waals surface area contributed by atoms with Crippen LogP contribution >= 0.6 is 0 Å². The number of aryl methyl sites for hydroxylation is 2. The molecule has 2 fully saturated rings. The standard InChI is InChI=1S/C16H21N5O3/c1-19-8-17-14-13(19)15(23)21(16(24)20(14)2)7-11(22)18-12(9-3-4-9)10-5-6-10/h8-10,12H,3-7H2,1-2H3,(H,18,22). The topological polar surface area (TPSA) is 90.9 Å². The molecule has 0 saturated heterocycles. The summed E-state index contributed by atoms with van der Waals surface area (Å²) in [6.07, 6.45) is 6.12. The molecule has 2 aromatic rings. The SMILES string of the molecule is Cn1cnc2c1c(=O)n(CC(=O)NC(C1CC1)C1CC1)c(=O)n2C. The smallest absolute Gasteiger partial charge is 0.332 e. The van der Waals surface area contributed by atoms with Crippen LogP contribution in [0.25, 0.3) is 11.2 Å². The first-order valence-corrected chi connectivity index (χ1v) is 8.37. The first-order chi connectivity index (χ1) is 11.5. The third-order valence-electron chi connectivity index (χ3n) is 5.09. The maximum atomic E-state index is 12.6. The van der Waals surface area contributed by atoms with Crippen molar-refractivity contribution < 1.29 is 4.79 Å². The summed E-state index contributed by atoms with van der Waals surface area (Å²) in [7, 11) is 3.25. The molecule has 0 aliphatic heterocycles. The summed E-state index contributed by atoms with van der Waals surface area (Å²) in [6, 6.07) is 0.206. The zero-order valence-corrected chi connectivity index (χ0v) is 13.9. The van der Waals surface area contributed by atoms with Crippen LogP contribution in [0.15, 0.2) is 15.9 Å². The molecule has 0 aromatic carbocycles. The van der Waals surface area contributed by atoms with Gasteiger partial charge in [-0.05, 0) is 37.5 Å². The minimum absolute atomic E-state index is 0.206. The van der Waals surface area contributed by atoms with Crippen molar-refractivity contribution in [3.8, 4) is 0 Å². The van der Waals surface area contributed by atoms with Crippen molar-refractivity contribution in [2.45, 2.75) is 38.3 Å². The lowest BCUT2D eigenvalue weighted by molar-refractivity contribution is -0.122. The molecule has 2 saturated carbocycles. The number of rotatable bonds is 5. The van der Waals surface area contributed by atoms with Crippen LogP contribution in [0.3, 0.4) is 0 Å². The zero-order chi connectivity index (χ0) is 17.0. The molecule has 2 aromatic heterocycles. The number of hydrogen-bond acceptors (Lipinski definition) is 4. The number of hydrogen-bond donors (Lipinski definition) is 1. The molecule has 2 heterocycles. The number of carbonyl (C=O) groups is 1. The lowest BCUT2D eigenvalue weighted by Gasteiger charge is -2.18. The fraction of sp³-hybridized carbons (Fsp3) is 0.625. The number of carbonyl (C=O) groups excluding carboxylic acids is 1. The van der Waals surface area contributed by atoms with Gasteiger partial charge >= 0.3 is 5.69 Å². The van der Waals surface area contributed by atoms with Gasteiger partial charge in [0.1, 0.15) is 6.54 Å². The Kier molecular flexibility index (Phi) is 3.36. The highest BCUT2D eigenvalue weighted by Gasteiger charge is 2.42. The maximum absolute atomic E-state index is 12.6. The highest BCUT2D eigenvalue weighted by atomic mass is 16.2. The van der Waals surface area contributed by atoms with E-state index >= 15 is 0 Å². The zero-order valence-electron chi connectivity index (χ0n) is 13.9. The number of nitrogens with zero attached hydrogens (tertiary/aromatic N) is 4. The van der Waals surface area contributed by atoms with Gasteiger partial charge in [-0.1, -0.05) is 0 Å². The van der Waals surface area contributed by atoms with Crippen LogP contribution in [-0.2, 0) is 25.4 Å². The first-order valence-electron chi connectivity index (χ1n) is 8.37. The molecule has 1 amide bonds. The van der Waals surface area contributed by atoms with Crippen LogP contribution < -0.4 is 16.6 Å². The molecule has 8 heteroatoms. The van der Waals surface area contributed by atoms with E-state index in [0.717, 1.165) is 30.3 Å². The molecule has 0 spiro atoms. The molecule has 4 rings (SSSR count). The Morgan fingerprint density at radius 1 is 1.25 bits per heavy atom. The fourth-order valence-corrected chi connectivity index (χ4v) is 3.44. The molecular weight excluding hydrogens is 310 g/mol. The molecule has 2 aliphatic rings. The molecule has 0 radical (unpaired) electrons. The Morgan fingerprint density at radius 3 is 2.46 bits per heavy atom. The van der Waals surface area contributed by atoms with E-state index in [0.29, 0.717) is 23.0 Å². The molecule has 0 atom stereocenters. The second kappa shape index (κ2) is 5.32. The van der Waals surface area contributed by atoms with Crippen LogP contribution in [0.4, 0.5) is 0 Å². The van der Waals surface area contributed by atoms with Gasteiger partial charge in [-0.25, -0.2) is 14.3 Å². The lowest BCUT2D eigenvalue weighted by Crippen LogP contribution is -2.46. The van der Waals surface area contributed by atoms with Gasteiger partial charge in [0, 0.05) is 20.1 Å². The number of nitrogens with one attached hydrogen (secondary N) is 1. The van der Waals surface area contributed by atoms with Crippen LogP contribution in [0, 0.1) is 11.8 Å². The van der Waals surface area contributed by atoms with Gasteiger partial charge in [0.2, 0.25) is 5.91 Å². The van der Waals surface area contributed by atoms with Crippen LogP contribution in [-0.4, -0.2) is 30.6 Å². The summed E-state index contributed by atoms with van der Waals surface area (Å²) in [5.41, 5.74) is -0.336. The average Bonchev–Trinajstić information content (AvgIpc) is 3.45. The van der Waals surface area contributed by atoms with Gasteiger partial charge < -0.3 is 9.88 Å². The summed E-state index contributed by atoms with van der Waals surface area (Å²) in [6.45, 7) is -0.247. The molecule has 0 unspecified atom stereocenters. The molecule has 0 bridgehead atoms. The third-order valence-corrected chi connectivity index (χ3v) is 5.09. The van der Waals surface area contributed by atoms with Crippen molar-refractivity contribution in [3.63, 3.8) is 0 Å². The fourth-order valence-electron chi connectivity index (χ4n) is 3.44. The summed E-state index contributed by atoms with van der Waals surface area (Å²) >= 11 is 0. The molecule has 1 N–H and O–H groups in total. The maximum Gasteiger partial charge on any atom is 0.332 e. The van der Waals surface area contributed by atoms with E-state index in [9.17, 15) is 14.4 Å². The molecule has 8 nitrogen and oxygen atoms in total. The second-order valence-electron chi connectivity index (χ2n) is 7.03.